The van der Waals surface area contributed by atoms with Crippen LogP contribution in [0.4, 0.5) is 5.82 Å². The van der Waals surface area contributed by atoms with Gasteiger partial charge < -0.3 is 9.64 Å². The summed E-state index contributed by atoms with van der Waals surface area (Å²) in [6.07, 6.45) is 0. The number of rotatable bonds is 3. The third kappa shape index (κ3) is 3.05. The molecule has 4 rings (SSSR count). The lowest BCUT2D eigenvalue weighted by atomic mass is 10.2. The van der Waals surface area contributed by atoms with Crippen molar-refractivity contribution in [3.63, 3.8) is 0 Å². The standard InChI is InChI=1S/C17H15N7O/c18-11-14-16(22-23-21-14)13-10-15(24-6-8-25-9-7-24)20-17(19-13)12-4-2-1-3-5-12/h1-5,10H,6-9H2,(H,21,22,23). The molecule has 3 aromatic rings. The molecule has 0 radical (unpaired) electrons. The minimum Gasteiger partial charge on any atom is -0.378 e. The van der Waals surface area contributed by atoms with Gasteiger partial charge in [0.2, 0.25) is 0 Å². The quantitative estimate of drug-likeness (QED) is 0.777. The Morgan fingerprint density at radius 1 is 1.08 bits per heavy atom. The number of H-pyrrole nitrogens is 1. The first-order chi connectivity index (χ1) is 12.3. The van der Waals surface area contributed by atoms with Crippen LogP contribution >= 0.6 is 0 Å². The van der Waals surface area contributed by atoms with E-state index < -0.39 is 0 Å². The lowest BCUT2D eigenvalue weighted by molar-refractivity contribution is 0.122. The summed E-state index contributed by atoms with van der Waals surface area (Å²) in [5.74, 6) is 1.38. The fourth-order valence-electron chi connectivity index (χ4n) is 2.71. The second-order valence-electron chi connectivity index (χ2n) is 5.53. The molecule has 0 amide bonds. The van der Waals surface area contributed by atoms with E-state index in [-0.39, 0.29) is 5.69 Å². The first kappa shape index (κ1) is 15.2. The topological polar surface area (TPSA) is 104 Å². The summed E-state index contributed by atoms with van der Waals surface area (Å²) < 4.78 is 5.42. The van der Waals surface area contributed by atoms with Crippen molar-refractivity contribution in [3.8, 4) is 28.8 Å². The first-order valence-corrected chi connectivity index (χ1v) is 7.93. The predicted molar refractivity (Wildman–Crippen MR) is 90.6 cm³/mol. The molecule has 0 saturated carbocycles. The monoisotopic (exact) mass is 333 g/mol. The number of benzene rings is 1. The highest BCUT2D eigenvalue weighted by atomic mass is 16.5. The highest BCUT2D eigenvalue weighted by Crippen LogP contribution is 2.26. The van der Waals surface area contributed by atoms with Crippen molar-refractivity contribution in [2.45, 2.75) is 0 Å². The molecule has 1 aromatic carbocycles. The number of aromatic nitrogens is 5. The number of aromatic amines is 1. The lowest BCUT2D eigenvalue weighted by Crippen LogP contribution is -2.36. The Morgan fingerprint density at radius 3 is 2.64 bits per heavy atom. The van der Waals surface area contributed by atoms with Gasteiger partial charge in [-0.3, -0.25) is 0 Å². The van der Waals surface area contributed by atoms with Crippen molar-refractivity contribution in [2.75, 3.05) is 31.2 Å². The second-order valence-corrected chi connectivity index (χ2v) is 5.53. The second kappa shape index (κ2) is 6.67. The van der Waals surface area contributed by atoms with Crippen molar-refractivity contribution in [1.29, 1.82) is 5.26 Å². The van der Waals surface area contributed by atoms with E-state index in [0.29, 0.717) is 30.4 Å². The van der Waals surface area contributed by atoms with Gasteiger partial charge in [0.25, 0.3) is 0 Å². The molecule has 8 heteroatoms. The van der Waals surface area contributed by atoms with E-state index in [9.17, 15) is 5.26 Å². The van der Waals surface area contributed by atoms with E-state index in [4.69, 9.17) is 9.72 Å². The van der Waals surface area contributed by atoms with E-state index in [1.54, 1.807) is 0 Å². The molecule has 0 unspecified atom stereocenters. The summed E-state index contributed by atoms with van der Waals surface area (Å²) in [6, 6.07) is 13.6. The molecule has 1 aliphatic rings. The molecule has 3 heterocycles. The van der Waals surface area contributed by atoms with Gasteiger partial charge in [-0.25, -0.2) is 9.97 Å². The molecule has 1 fully saturated rings. The van der Waals surface area contributed by atoms with Gasteiger partial charge in [0.1, 0.15) is 17.6 Å². The Bertz CT molecular complexity index is 910. The smallest absolute Gasteiger partial charge is 0.192 e. The van der Waals surface area contributed by atoms with E-state index in [1.807, 2.05) is 42.5 Å². The van der Waals surface area contributed by atoms with Crippen molar-refractivity contribution in [2.24, 2.45) is 0 Å². The highest BCUT2D eigenvalue weighted by Gasteiger charge is 2.19. The molecule has 0 spiro atoms. The van der Waals surface area contributed by atoms with E-state index in [2.05, 4.69) is 25.3 Å². The normalized spacial score (nSPS) is 14.3. The molecule has 1 N–H and O–H groups in total. The maximum absolute atomic E-state index is 9.23. The fraction of sp³-hybridized carbons (Fsp3) is 0.235. The fourth-order valence-corrected chi connectivity index (χ4v) is 2.71. The van der Waals surface area contributed by atoms with Crippen molar-refractivity contribution >= 4 is 5.82 Å². The summed E-state index contributed by atoms with van der Waals surface area (Å²) in [5, 5.41) is 19.7. The van der Waals surface area contributed by atoms with E-state index in [1.165, 1.54) is 0 Å². The summed E-state index contributed by atoms with van der Waals surface area (Å²) in [7, 11) is 0. The summed E-state index contributed by atoms with van der Waals surface area (Å²) in [6.45, 7) is 2.84. The summed E-state index contributed by atoms with van der Waals surface area (Å²) in [5.41, 5.74) is 2.11. The largest absolute Gasteiger partial charge is 0.378 e. The lowest BCUT2D eigenvalue weighted by Gasteiger charge is -2.28. The maximum Gasteiger partial charge on any atom is 0.192 e. The molecule has 25 heavy (non-hydrogen) atoms. The Labute approximate surface area is 144 Å². The predicted octanol–water partition coefficient (Wildman–Crippen LogP) is 1.64. The van der Waals surface area contributed by atoms with E-state index in [0.717, 1.165) is 24.5 Å². The Kier molecular flexibility index (Phi) is 4.06. The molecule has 0 bridgehead atoms. The molecule has 8 nitrogen and oxygen atoms in total. The van der Waals surface area contributed by atoms with Gasteiger partial charge in [-0.1, -0.05) is 30.3 Å². The van der Waals surface area contributed by atoms with Crippen LogP contribution in [0, 0.1) is 11.3 Å². The number of hydrogen-bond donors (Lipinski definition) is 1. The number of ether oxygens (including phenoxy) is 1. The number of hydrogen-bond acceptors (Lipinski definition) is 7. The van der Waals surface area contributed by atoms with Gasteiger partial charge in [0.15, 0.2) is 11.5 Å². The molecule has 0 atom stereocenters. The zero-order valence-corrected chi connectivity index (χ0v) is 13.4. The average Bonchev–Trinajstić information content (AvgIpc) is 3.18. The van der Waals surface area contributed by atoms with Crippen LogP contribution in [0.25, 0.3) is 22.8 Å². The van der Waals surface area contributed by atoms with Crippen LogP contribution in [0.1, 0.15) is 5.69 Å². The minimum absolute atomic E-state index is 0.214. The minimum atomic E-state index is 0.214. The van der Waals surface area contributed by atoms with Crippen LogP contribution < -0.4 is 4.90 Å². The zero-order chi connectivity index (χ0) is 17.1. The van der Waals surface area contributed by atoms with Crippen LogP contribution in [0.5, 0.6) is 0 Å². The van der Waals surface area contributed by atoms with E-state index >= 15 is 0 Å². The number of nitrogens with zero attached hydrogens (tertiary/aromatic N) is 6. The molecule has 2 aromatic heterocycles. The maximum atomic E-state index is 9.23. The van der Waals surface area contributed by atoms with Crippen molar-refractivity contribution in [1.82, 2.24) is 25.4 Å². The molecular formula is C17H15N7O. The molecule has 0 aliphatic carbocycles. The Hall–Kier alpha value is -3.31. The molecule has 124 valence electrons. The molecule has 1 saturated heterocycles. The van der Waals surface area contributed by atoms with Crippen LogP contribution in [0.15, 0.2) is 36.4 Å². The average molecular weight is 333 g/mol. The van der Waals surface area contributed by atoms with Gasteiger partial charge in [-0.2, -0.15) is 15.6 Å². The van der Waals surface area contributed by atoms with Gasteiger partial charge in [0.05, 0.1) is 18.9 Å². The number of nitriles is 1. The van der Waals surface area contributed by atoms with Gasteiger partial charge in [-0.05, 0) is 0 Å². The third-order valence-electron chi connectivity index (χ3n) is 3.98. The Morgan fingerprint density at radius 2 is 1.88 bits per heavy atom. The van der Waals surface area contributed by atoms with Crippen LogP contribution in [-0.4, -0.2) is 51.7 Å². The summed E-state index contributed by atoms with van der Waals surface area (Å²) >= 11 is 0. The molecular weight excluding hydrogens is 318 g/mol. The third-order valence-corrected chi connectivity index (χ3v) is 3.98. The van der Waals surface area contributed by atoms with Crippen molar-refractivity contribution in [3.05, 3.63) is 42.1 Å². The molecule has 1 aliphatic heterocycles. The van der Waals surface area contributed by atoms with Crippen LogP contribution in [0.2, 0.25) is 0 Å². The van der Waals surface area contributed by atoms with Crippen LogP contribution in [0.3, 0.4) is 0 Å². The first-order valence-electron chi connectivity index (χ1n) is 7.93. The SMILES string of the molecule is N#Cc1n[nH]nc1-c1cc(N2CCOCC2)nc(-c2ccccc2)n1. The van der Waals surface area contributed by atoms with Gasteiger partial charge in [0, 0.05) is 24.7 Å². The highest BCUT2D eigenvalue weighted by molar-refractivity contribution is 5.68. The summed E-state index contributed by atoms with van der Waals surface area (Å²) in [4.78, 5) is 11.5. The Balaban J connectivity index is 1.84. The zero-order valence-electron chi connectivity index (χ0n) is 13.4. The number of morpholine rings is 1. The number of anilines is 1. The van der Waals surface area contributed by atoms with Crippen LogP contribution in [-0.2, 0) is 4.74 Å². The van der Waals surface area contributed by atoms with Crippen molar-refractivity contribution < 1.29 is 4.74 Å². The van der Waals surface area contributed by atoms with Gasteiger partial charge >= 0.3 is 0 Å². The number of nitrogens with one attached hydrogen (secondary N) is 1. The van der Waals surface area contributed by atoms with Gasteiger partial charge in [-0.15, -0.1) is 5.10 Å².